The van der Waals surface area contributed by atoms with Gasteiger partial charge in [-0.15, -0.1) is 5.10 Å². The Morgan fingerprint density at radius 1 is 1.42 bits per heavy atom. The van der Waals surface area contributed by atoms with E-state index < -0.39 is 6.10 Å². The summed E-state index contributed by atoms with van der Waals surface area (Å²) < 4.78 is 7.03. The van der Waals surface area contributed by atoms with Gasteiger partial charge in [-0.05, 0) is 19.4 Å². The van der Waals surface area contributed by atoms with Gasteiger partial charge in [-0.2, -0.15) is 0 Å². The van der Waals surface area contributed by atoms with Gasteiger partial charge in [-0.3, -0.25) is 0 Å². The van der Waals surface area contributed by atoms with Gasteiger partial charge in [0, 0.05) is 19.3 Å². The fraction of sp³-hybridized carbons (Fsp3) is 0.846. The van der Waals surface area contributed by atoms with E-state index in [1.54, 1.807) is 4.68 Å². The van der Waals surface area contributed by atoms with Gasteiger partial charge < -0.3 is 15.2 Å². The molecule has 6 nitrogen and oxygen atoms in total. The lowest BCUT2D eigenvalue weighted by Gasteiger charge is -2.10. The van der Waals surface area contributed by atoms with Crippen molar-refractivity contribution >= 4 is 0 Å². The van der Waals surface area contributed by atoms with Crippen LogP contribution in [-0.4, -0.2) is 46.0 Å². The van der Waals surface area contributed by atoms with E-state index in [4.69, 9.17) is 4.74 Å². The van der Waals surface area contributed by atoms with E-state index in [-0.39, 0.29) is 0 Å². The fourth-order valence-corrected chi connectivity index (χ4v) is 1.64. The molecule has 1 rings (SSSR count). The summed E-state index contributed by atoms with van der Waals surface area (Å²) >= 11 is 0. The number of unbranched alkanes of at least 4 members (excludes halogenated alkanes) is 1. The topological polar surface area (TPSA) is 72.2 Å². The molecule has 0 saturated heterocycles. The Balaban J connectivity index is 2.20. The molecule has 0 bridgehead atoms. The Morgan fingerprint density at radius 2 is 2.26 bits per heavy atom. The minimum Gasteiger partial charge on any atom is -0.389 e. The van der Waals surface area contributed by atoms with Crippen molar-refractivity contribution in [3.8, 4) is 0 Å². The van der Waals surface area contributed by atoms with E-state index in [0.29, 0.717) is 19.8 Å². The van der Waals surface area contributed by atoms with Gasteiger partial charge in [-0.1, -0.05) is 25.5 Å². The number of nitrogens with zero attached hydrogens (tertiary/aromatic N) is 3. The Kier molecular flexibility index (Phi) is 8.36. The summed E-state index contributed by atoms with van der Waals surface area (Å²) in [6.07, 6.45) is 4.56. The summed E-state index contributed by atoms with van der Waals surface area (Å²) in [5.41, 5.74) is 0.896. The molecule has 0 amide bonds. The Bertz CT molecular complexity index is 330. The van der Waals surface area contributed by atoms with Crippen LogP contribution < -0.4 is 5.32 Å². The minimum absolute atomic E-state index is 0.350. The minimum atomic E-state index is -0.532. The van der Waals surface area contributed by atoms with Crippen molar-refractivity contribution in [1.29, 1.82) is 0 Å². The molecule has 0 aliphatic heterocycles. The Hall–Kier alpha value is -0.980. The first-order valence-corrected chi connectivity index (χ1v) is 7.11. The van der Waals surface area contributed by atoms with Crippen molar-refractivity contribution in [3.63, 3.8) is 0 Å². The molecule has 0 aromatic carbocycles. The summed E-state index contributed by atoms with van der Waals surface area (Å²) in [5.74, 6) is 0. The van der Waals surface area contributed by atoms with Crippen LogP contribution in [0, 0.1) is 0 Å². The maximum absolute atomic E-state index is 9.80. The third-order valence-electron chi connectivity index (χ3n) is 2.67. The SMILES string of the molecule is CCCCOCC(O)Cn1cc(CNCCC)nn1. The molecule has 1 aromatic heterocycles. The first kappa shape index (κ1) is 16.1. The van der Waals surface area contributed by atoms with E-state index in [0.717, 1.165) is 38.0 Å². The predicted octanol–water partition coefficient (Wildman–Crippen LogP) is 0.955. The quantitative estimate of drug-likeness (QED) is 0.586. The molecule has 0 fully saturated rings. The highest BCUT2D eigenvalue weighted by Gasteiger charge is 2.07. The average Bonchev–Trinajstić information content (AvgIpc) is 2.83. The number of rotatable bonds is 11. The molecule has 1 heterocycles. The molecule has 0 aliphatic rings. The molecule has 1 atom stereocenters. The van der Waals surface area contributed by atoms with Crippen LogP contribution in [0.2, 0.25) is 0 Å². The summed E-state index contributed by atoms with van der Waals surface area (Å²) in [4.78, 5) is 0. The van der Waals surface area contributed by atoms with Gasteiger partial charge >= 0.3 is 0 Å². The second-order valence-electron chi connectivity index (χ2n) is 4.69. The molecule has 1 unspecified atom stereocenters. The van der Waals surface area contributed by atoms with Crippen molar-refractivity contribution in [2.45, 2.75) is 52.3 Å². The van der Waals surface area contributed by atoms with Crippen LogP contribution >= 0.6 is 0 Å². The highest BCUT2D eigenvalue weighted by Crippen LogP contribution is 1.97. The number of aliphatic hydroxyl groups is 1. The van der Waals surface area contributed by atoms with Crippen molar-refractivity contribution in [1.82, 2.24) is 20.3 Å². The fourth-order valence-electron chi connectivity index (χ4n) is 1.64. The van der Waals surface area contributed by atoms with Gasteiger partial charge in [0.2, 0.25) is 0 Å². The van der Waals surface area contributed by atoms with Gasteiger partial charge in [0.25, 0.3) is 0 Å². The second kappa shape index (κ2) is 9.89. The molecule has 6 heteroatoms. The van der Waals surface area contributed by atoms with Crippen LogP contribution in [-0.2, 0) is 17.8 Å². The molecule has 0 saturated carbocycles. The molecule has 0 radical (unpaired) electrons. The maximum Gasteiger partial charge on any atom is 0.0969 e. The monoisotopic (exact) mass is 270 g/mol. The highest BCUT2D eigenvalue weighted by molar-refractivity contribution is 4.91. The molecular formula is C13H26N4O2. The lowest BCUT2D eigenvalue weighted by molar-refractivity contribution is 0.0251. The first-order chi connectivity index (χ1) is 9.26. The summed E-state index contributed by atoms with van der Waals surface area (Å²) in [6.45, 7) is 7.41. The molecule has 0 aliphatic carbocycles. The molecule has 110 valence electrons. The van der Waals surface area contributed by atoms with Gasteiger partial charge in [0.15, 0.2) is 0 Å². The largest absolute Gasteiger partial charge is 0.389 e. The molecule has 19 heavy (non-hydrogen) atoms. The number of hydrogen-bond acceptors (Lipinski definition) is 5. The van der Waals surface area contributed by atoms with E-state index in [9.17, 15) is 5.11 Å². The first-order valence-electron chi connectivity index (χ1n) is 7.11. The average molecular weight is 270 g/mol. The van der Waals surface area contributed by atoms with Gasteiger partial charge in [0.1, 0.15) is 0 Å². The predicted molar refractivity (Wildman–Crippen MR) is 73.8 cm³/mol. The zero-order chi connectivity index (χ0) is 13.9. The number of aliphatic hydroxyl groups excluding tert-OH is 1. The Morgan fingerprint density at radius 3 is 3.00 bits per heavy atom. The molecular weight excluding hydrogens is 244 g/mol. The lowest BCUT2D eigenvalue weighted by Crippen LogP contribution is -2.22. The summed E-state index contributed by atoms with van der Waals surface area (Å²) in [5, 5.41) is 21.1. The smallest absolute Gasteiger partial charge is 0.0969 e. The summed E-state index contributed by atoms with van der Waals surface area (Å²) in [7, 11) is 0. The van der Waals surface area contributed by atoms with Crippen molar-refractivity contribution in [2.24, 2.45) is 0 Å². The van der Waals surface area contributed by atoms with Crippen LogP contribution in [0.15, 0.2) is 6.20 Å². The van der Waals surface area contributed by atoms with Crippen LogP contribution in [0.25, 0.3) is 0 Å². The van der Waals surface area contributed by atoms with Crippen molar-refractivity contribution < 1.29 is 9.84 Å². The van der Waals surface area contributed by atoms with Crippen LogP contribution in [0.5, 0.6) is 0 Å². The standard InChI is InChI=1S/C13H26N4O2/c1-3-5-7-19-11-13(18)10-17-9-12(15-16-17)8-14-6-4-2/h9,13-14,18H,3-8,10-11H2,1-2H3. The van der Waals surface area contributed by atoms with Gasteiger partial charge in [0.05, 0.1) is 24.9 Å². The number of aromatic nitrogens is 3. The van der Waals surface area contributed by atoms with Crippen molar-refractivity contribution in [2.75, 3.05) is 19.8 Å². The number of hydrogen-bond donors (Lipinski definition) is 2. The van der Waals surface area contributed by atoms with Gasteiger partial charge in [-0.25, -0.2) is 4.68 Å². The third-order valence-corrected chi connectivity index (χ3v) is 2.67. The summed E-state index contributed by atoms with van der Waals surface area (Å²) in [6, 6.07) is 0. The number of ether oxygens (including phenoxy) is 1. The van der Waals surface area contributed by atoms with Crippen LogP contribution in [0.3, 0.4) is 0 Å². The molecule has 2 N–H and O–H groups in total. The van der Waals surface area contributed by atoms with Crippen molar-refractivity contribution in [3.05, 3.63) is 11.9 Å². The van der Waals surface area contributed by atoms with E-state index in [2.05, 4.69) is 29.5 Å². The van der Waals surface area contributed by atoms with Crippen LogP contribution in [0.4, 0.5) is 0 Å². The van der Waals surface area contributed by atoms with Crippen LogP contribution in [0.1, 0.15) is 38.8 Å². The highest BCUT2D eigenvalue weighted by atomic mass is 16.5. The normalized spacial score (nSPS) is 12.8. The lowest BCUT2D eigenvalue weighted by atomic mass is 10.3. The van der Waals surface area contributed by atoms with E-state index >= 15 is 0 Å². The van der Waals surface area contributed by atoms with E-state index in [1.807, 2.05) is 6.20 Å². The number of nitrogens with one attached hydrogen (secondary N) is 1. The zero-order valence-electron chi connectivity index (χ0n) is 12.0. The maximum atomic E-state index is 9.80. The molecule has 1 aromatic rings. The Labute approximate surface area is 115 Å². The van der Waals surface area contributed by atoms with E-state index in [1.165, 1.54) is 0 Å². The second-order valence-corrected chi connectivity index (χ2v) is 4.69. The third kappa shape index (κ3) is 7.25. The molecule has 0 spiro atoms. The zero-order valence-corrected chi connectivity index (χ0v) is 12.0.